The maximum absolute atomic E-state index is 13.8. The van der Waals surface area contributed by atoms with Crippen molar-refractivity contribution in [3.05, 3.63) is 92.2 Å². The van der Waals surface area contributed by atoms with Crippen molar-refractivity contribution in [3.8, 4) is 0 Å². The molecule has 0 saturated heterocycles. The van der Waals surface area contributed by atoms with E-state index in [1.165, 1.54) is 22.7 Å². The molecule has 4 nitrogen and oxygen atoms in total. The predicted molar refractivity (Wildman–Crippen MR) is 134 cm³/mol. The number of nitrogens with zero attached hydrogens (tertiary/aromatic N) is 2. The number of thiophene rings is 2. The molecule has 0 aliphatic heterocycles. The lowest BCUT2D eigenvalue weighted by Gasteiger charge is -2.20. The van der Waals surface area contributed by atoms with Crippen molar-refractivity contribution in [3.63, 3.8) is 0 Å². The molecule has 0 aliphatic carbocycles. The highest BCUT2D eigenvalue weighted by Gasteiger charge is 2.33. The van der Waals surface area contributed by atoms with Crippen molar-refractivity contribution in [1.82, 2.24) is 4.98 Å². The van der Waals surface area contributed by atoms with Crippen molar-refractivity contribution < 1.29 is 9.59 Å². The molecule has 0 saturated carbocycles. The van der Waals surface area contributed by atoms with Gasteiger partial charge in [0.25, 0.3) is 11.8 Å². The second-order valence-corrected chi connectivity index (χ2v) is 9.93. The molecule has 3 heterocycles. The Morgan fingerprint density at radius 3 is 1.75 bits per heavy atom. The Morgan fingerprint density at radius 1 is 0.781 bits per heavy atom. The zero-order chi connectivity index (χ0) is 22.4. The van der Waals surface area contributed by atoms with Gasteiger partial charge in [0.2, 0.25) is 0 Å². The Balaban J connectivity index is 1.69. The second kappa shape index (κ2) is 8.30. The van der Waals surface area contributed by atoms with Gasteiger partial charge in [0.05, 0.1) is 10.0 Å². The van der Waals surface area contributed by atoms with Gasteiger partial charge in [0.1, 0.15) is 15.6 Å². The minimum Gasteiger partial charge on any atom is -0.267 e. The summed E-state index contributed by atoms with van der Waals surface area (Å²) in [6, 6.07) is 18.5. The summed E-state index contributed by atoms with van der Waals surface area (Å²) in [5.74, 6) is -0.808. The van der Waals surface area contributed by atoms with Gasteiger partial charge >= 0.3 is 0 Å². The predicted octanol–water partition coefficient (Wildman–Crippen LogP) is 7.61. The summed E-state index contributed by atoms with van der Waals surface area (Å²) in [6.07, 6.45) is 1.55. The standard InChI is InChI=1S/C24H14Cl2N2O2S2/c1-13-7-6-12-27-22(13)28(23(29)20-18(25)14-8-2-4-10-16(14)31-20)24(30)21-19(26)15-9-3-5-11-17(15)32-21/h2-12H,1H3. The van der Waals surface area contributed by atoms with Crippen LogP contribution >= 0.6 is 45.9 Å². The van der Waals surface area contributed by atoms with Crippen LogP contribution in [0, 0.1) is 6.92 Å². The Bertz CT molecular complexity index is 1430. The number of carbonyl (C=O) groups excluding carboxylic acids is 2. The maximum atomic E-state index is 13.8. The molecule has 0 atom stereocenters. The van der Waals surface area contributed by atoms with Gasteiger partial charge in [-0.3, -0.25) is 9.59 Å². The molecule has 0 radical (unpaired) electrons. The van der Waals surface area contributed by atoms with Gasteiger partial charge in [-0.1, -0.05) is 65.7 Å². The summed E-state index contributed by atoms with van der Waals surface area (Å²) >= 11 is 15.7. The number of hydrogen-bond acceptors (Lipinski definition) is 5. The lowest BCUT2D eigenvalue weighted by molar-refractivity contribution is 0.0901. The van der Waals surface area contributed by atoms with Crippen LogP contribution in [0.25, 0.3) is 20.2 Å². The molecule has 8 heteroatoms. The summed E-state index contributed by atoms with van der Waals surface area (Å²) in [5.41, 5.74) is 0.684. The lowest BCUT2D eigenvalue weighted by Crippen LogP contribution is -2.37. The first-order chi connectivity index (χ1) is 15.5. The van der Waals surface area contributed by atoms with Gasteiger partial charge < -0.3 is 0 Å². The number of imide groups is 1. The van der Waals surface area contributed by atoms with Gasteiger partial charge in [-0.15, -0.1) is 22.7 Å². The topological polar surface area (TPSA) is 50.3 Å². The Hall–Kier alpha value is -2.77. The molecule has 5 aromatic rings. The number of pyridine rings is 1. The fourth-order valence-corrected chi connectivity index (χ4v) is 6.39. The SMILES string of the molecule is Cc1cccnc1N(C(=O)c1sc2ccccc2c1Cl)C(=O)c1sc2ccccc2c1Cl. The number of halogens is 2. The maximum Gasteiger partial charge on any atom is 0.278 e. The Labute approximate surface area is 201 Å². The largest absolute Gasteiger partial charge is 0.278 e. The zero-order valence-corrected chi connectivity index (χ0v) is 19.8. The van der Waals surface area contributed by atoms with Crippen LogP contribution in [-0.2, 0) is 0 Å². The molecular weight excluding hydrogens is 483 g/mol. The van der Waals surface area contributed by atoms with Gasteiger partial charge in [-0.2, -0.15) is 0 Å². The smallest absolute Gasteiger partial charge is 0.267 e. The van der Waals surface area contributed by atoms with Gasteiger partial charge in [0.15, 0.2) is 0 Å². The number of aryl methyl sites for hydroxylation is 1. The molecule has 2 aromatic carbocycles. The average Bonchev–Trinajstić information content (AvgIpc) is 3.33. The number of carbonyl (C=O) groups is 2. The molecule has 0 bridgehead atoms. The molecule has 2 amide bonds. The Morgan fingerprint density at radius 2 is 1.28 bits per heavy atom. The molecule has 0 aliphatic rings. The lowest BCUT2D eigenvalue weighted by atomic mass is 10.2. The normalized spacial score (nSPS) is 11.2. The van der Waals surface area contributed by atoms with E-state index in [1.54, 1.807) is 25.3 Å². The number of rotatable bonds is 3. The van der Waals surface area contributed by atoms with Crippen molar-refractivity contribution in [2.75, 3.05) is 4.90 Å². The van der Waals surface area contributed by atoms with E-state index in [1.807, 2.05) is 48.5 Å². The Kier molecular flexibility index (Phi) is 5.47. The number of amides is 2. The molecule has 0 unspecified atom stereocenters. The van der Waals surface area contributed by atoms with Crippen molar-refractivity contribution in [2.24, 2.45) is 0 Å². The van der Waals surface area contributed by atoms with Crippen LogP contribution in [0.2, 0.25) is 10.0 Å². The van der Waals surface area contributed by atoms with Crippen LogP contribution in [-0.4, -0.2) is 16.8 Å². The number of hydrogen-bond donors (Lipinski definition) is 0. The van der Waals surface area contributed by atoms with E-state index >= 15 is 0 Å². The third-order valence-corrected chi connectivity index (χ3v) is 8.38. The fourth-order valence-electron chi connectivity index (χ4n) is 3.50. The van der Waals surface area contributed by atoms with Gasteiger partial charge in [0, 0.05) is 26.4 Å². The van der Waals surface area contributed by atoms with E-state index in [-0.39, 0.29) is 15.6 Å². The molecular formula is C24H14Cl2N2O2S2. The summed E-state index contributed by atoms with van der Waals surface area (Å²) in [4.78, 5) is 33.6. The highest BCUT2D eigenvalue weighted by Crippen LogP contribution is 2.39. The minimum absolute atomic E-state index is 0.254. The first kappa shape index (κ1) is 21.1. The molecule has 32 heavy (non-hydrogen) atoms. The van der Waals surface area contributed by atoms with Crippen LogP contribution in [0.4, 0.5) is 5.82 Å². The molecule has 3 aromatic heterocycles. The zero-order valence-electron chi connectivity index (χ0n) is 16.6. The fraction of sp³-hybridized carbons (Fsp3) is 0.0417. The first-order valence-electron chi connectivity index (χ1n) is 9.62. The minimum atomic E-state index is -0.531. The van der Waals surface area contributed by atoms with Crippen molar-refractivity contribution in [2.45, 2.75) is 6.92 Å². The summed E-state index contributed by atoms with van der Waals surface area (Å²) in [5, 5.41) is 2.19. The second-order valence-electron chi connectivity index (χ2n) is 7.07. The van der Waals surface area contributed by atoms with Gasteiger partial charge in [-0.05, 0) is 30.7 Å². The number of benzene rings is 2. The van der Waals surface area contributed by atoms with Crippen LogP contribution in [0.15, 0.2) is 66.9 Å². The number of fused-ring (bicyclic) bond motifs is 2. The van der Waals surface area contributed by atoms with Crippen molar-refractivity contribution in [1.29, 1.82) is 0 Å². The van der Waals surface area contributed by atoms with Crippen LogP contribution in [0.1, 0.15) is 24.9 Å². The summed E-state index contributed by atoms with van der Waals surface area (Å²) in [6.45, 7) is 1.80. The third kappa shape index (κ3) is 3.40. The molecule has 158 valence electrons. The van der Waals surface area contributed by atoms with Crippen LogP contribution < -0.4 is 4.90 Å². The summed E-state index contributed by atoms with van der Waals surface area (Å²) in [7, 11) is 0. The molecule has 0 fully saturated rings. The van der Waals surface area contributed by atoms with E-state index in [0.29, 0.717) is 15.6 Å². The van der Waals surface area contributed by atoms with Crippen LogP contribution in [0.3, 0.4) is 0 Å². The van der Waals surface area contributed by atoms with E-state index in [4.69, 9.17) is 23.2 Å². The number of anilines is 1. The first-order valence-corrected chi connectivity index (χ1v) is 12.0. The quantitative estimate of drug-likeness (QED) is 0.241. The van der Waals surface area contributed by atoms with E-state index in [0.717, 1.165) is 25.1 Å². The molecule has 0 N–H and O–H groups in total. The van der Waals surface area contributed by atoms with Crippen LogP contribution in [0.5, 0.6) is 0 Å². The van der Waals surface area contributed by atoms with E-state index in [2.05, 4.69) is 4.98 Å². The van der Waals surface area contributed by atoms with Gasteiger partial charge in [-0.25, -0.2) is 9.88 Å². The molecule has 5 rings (SSSR count). The van der Waals surface area contributed by atoms with E-state index < -0.39 is 11.8 Å². The monoisotopic (exact) mass is 496 g/mol. The third-order valence-electron chi connectivity index (χ3n) is 5.06. The highest BCUT2D eigenvalue weighted by molar-refractivity contribution is 7.22. The highest BCUT2D eigenvalue weighted by atomic mass is 35.5. The molecule has 0 spiro atoms. The van der Waals surface area contributed by atoms with E-state index in [9.17, 15) is 9.59 Å². The summed E-state index contributed by atoms with van der Waals surface area (Å²) < 4.78 is 1.73. The average molecular weight is 497 g/mol. The van der Waals surface area contributed by atoms with Crippen molar-refractivity contribution >= 4 is 83.7 Å². The number of aromatic nitrogens is 1.